The Bertz CT molecular complexity index is 1310. The number of hydrogen-bond acceptors (Lipinski definition) is 5. The van der Waals surface area contributed by atoms with Crippen LogP contribution in [0.5, 0.6) is 0 Å². The van der Waals surface area contributed by atoms with Gasteiger partial charge in [-0.2, -0.15) is 0 Å². The fraction of sp³-hybridized carbons (Fsp3) is 0.231. The van der Waals surface area contributed by atoms with E-state index in [9.17, 15) is 14.0 Å². The van der Waals surface area contributed by atoms with Crippen LogP contribution < -0.4 is 4.90 Å². The Labute approximate surface area is 190 Å². The number of furan rings is 1. The number of halogens is 1. The van der Waals surface area contributed by atoms with Crippen LogP contribution in [0.3, 0.4) is 0 Å². The molecule has 0 saturated carbocycles. The molecule has 1 amide bonds. The molecule has 1 aliphatic rings. The van der Waals surface area contributed by atoms with Crippen LogP contribution in [-0.2, 0) is 20.7 Å². The van der Waals surface area contributed by atoms with E-state index < -0.39 is 5.97 Å². The van der Waals surface area contributed by atoms with Crippen LogP contribution in [0, 0.1) is 5.82 Å². The summed E-state index contributed by atoms with van der Waals surface area (Å²) >= 11 is 0. The van der Waals surface area contributed by atoms with Gasteiger partial charge in [0.05, 0.1) is 12.7 Å². The molecule has 1 aliphatic heterocycles. The molecule has 1 aromatic heterocycles. The zero-order chi connectivity index (χ0) is 22.8. The summed E-state index contributed by atoms with van der Waals surface area (Å²) in [4.78, 5) is 28.8. The van der Waals surface area contributed by atoms with Crippen molar-refractivity contribution in [2.75, 3.05) is 37.7 Å². The Morgan fingerprint density at radius 2 is 1.70 bits per heavy atom. The fourth-order valence-electron chi connectivity index (χ4n) is 4.31. The average molecular weight is 446 g/mol. The summed E-state index contributed by atoms with van der Waals surface area (Å²) in [6.07, 6.45) is 1.61. The van der Waals surface area contributed by atoms with E-state index in [0.717, 1.165) is 27.4 Å². The number of hydrogen-bond donors (Lipinski definition) is 0. The molecule has 0 radical (unpaired) electrons. The van der Waals surface area contributed by atoms with Crippen molar-refractivity contribution in [1.82, 2.24) is 4.90 Å². The van der Waals surface area contributed by atoms with Crippen molar-refractivity contribution < 1.29 is 23.1 Å². The molecular formula is C26H23FN2O4. The van der Waals surface area contributed by atoms with Gasteiger partial charge in [-0.25, -0.2) is 4.39 Å². The largest absolute Gasteiger partial charge is 0.464 e. The highest BCUT2D eigenvalue weighted by molar-refractivity contribution is 6.08. The molecule has 2 heterocycles. The van der Waals surface area contributed by atoms with Crippen molar-refractivity contribution in [3.8, 4) is 0 Å². The standard InChI is InChI=1S/C26H23FN2O4/c27-20-6-8-21(9-7-20)28-11-13-29(14-12-28)24(30)17-33-25(31)15-19-16-32-23-10-5-18-3-1-2-4-22(18)26(19)23/h1-10,16H,11-15,17H2. The van der Waals surface area contributed by atoms with Crippen molar-refractivity contribution in [3.63, 3.8) is 0 Å². The summed E-state index contributed by atoms with van der Waals surface area (Å²) in [5, 5.41) is 2.98. The summed E-state index contributed by atoms with van der Waals surface area (Å²) in [7, 11) is 0. The monoisotopic (exact) mass is 446 g/mol. The van der Waals surface area contributed by atoms with Gasteiger partial charge in [-0.05, 0) is 41.1 Å². The van der Waals surface area contributed by atoms with Crippen LogP contribution in [0.1, 0.15) is 5.56 Å². The van der Waals surface area contributed by atoms with Crippen LogP contribution in [0.25, 0.3) is 21.7 Å². The second kappa shape index (κ2) is 8.94. The fourth-order valence-corrected chi connectivity index (χ4v) is 4.31. The number of rotatable bonds is 5. The lowest BCUT2D eigenvalue weighted by Gasteiger charge is -2.36. The average Bonchev–Trinajstić information content (AvgIpc) is 3.26. The minimum absolute atomic E-state index is 0.0344. The molecular weight excluding hydrogens is 423 g/mol. The molecule has 0 atom stereocenters. The van der Waals surface area contributed by atoms with E-state index in [1.54, 1.807) is 23.3 Å². The summed E-state index contributed by atoms with van der Waals surface area (Å²) in [5.74, 6) is -0.959. The maximum atomic E-state index is 13.1. The third-order valence-electron chi connectivity index (χ3n) is 6.06. The summed E-state index contributed by atoms with van der Waals surface area (Å²) < 4.78 is 24.0. The molecule has 168 valence electrons. The van der Waals surface area contributed by atoms with Gasteiger partial charge in [-0.15, -0.1) is 0 Å². The molecule has 33 heavy (non-hydrogen) atoms. The van der Waals surface area contributed by atoms with Gasteiger partial charge in [0, 0.05) is 42.8 Å². The van der Waals surface area contributed by atoms with E-state index in [0.29, 0.717) is 31.8 Å². The van der Waals surface area contributed by atoms with Crippen LogP contribution in [0.2, 0.25) is 0 Å². The molecule has 1 saturated heterocycles. The lowest BCUT2D eigenvalue weighted by atomic mass is 10.0. The topological polar surface area (TPSA) is 63.0 Å². The Hall–Kier alpha value is -3.87. The zero-order valence-corrected chi connectivity index (χ0v) is 18.0. The van der Waals surface area contributed by atoms with E-state index in [1.807, 2.05) is 36.4 Å². The minimum Gasteiger partial charge on any atom is -0.464 e. The van der Waals surface area contributed by atoms with E-state index >= 15 is 0 Å². The first-order valence-corrected chi connectivity index (χ1v) is 10.9. The van der Waals surface area contributed by atoms with E-state index in [1.165, 1.54) is 12.1 Å². The number of anilines is 1. The first-order valence-electron chi connectivity index (χ1n) is 10.9. The molecule has 0 unspecified atom stereocenters. The zero-order valence-electron chi connectivity index (χ0n) is 18.0. The number of benzene rings is 3. The lowest BCUT2D eigenvalue weighted by Crippen LogP contribution is -2.50. The molecule has 5 rings (SSSR count). The van der Waals surface area contributed by atoms with E-state index in [4.69, 9.17) is 9.15 Å². The van der Waals surface area contributed by atoms with Crippen LogP contribution in [0.15, 0.2) is 71.3 Å². The van der Waals surface area contributed by atoms with Crippen molar-refractivity contribution in [2.45, 2.75) is 6.42 Å². The van der Waals surface area contributed by atoms with Gasteiger partial charge in [0.25, 0.3) is 5.91 Å². The highest BCUT2D eigenvalue weighted by Crippen LogP contribution is 2.30. The third-order valence-corrected chi connectivity index (χ3v) is 6.06. The number of carbonyl (C=O) groups excluding carboxylic acids is 2. The second-order valence-electron chi connectivity index (χ2n) is 8.10. The Kier molecular flexibility index (Phi) is 5.69. The van der Waals surface area contributed by atoms with Gasteiger partial charge in [-0.3, -0.25) is 9.59 Å². The first kappa shape index (κ1) is 21.0. The number of piperazine rings is 1. The molecule has 0 spiro atoms. The highest BCUT2D eigenvalue weighted by atomic mass is 19.1. The third kappa shape index (κ3) is 4.39. The van der Waals surface area contributed by atoms with Gasteiger partial charge in [0.1, 0.15) is 11.4 Å². The normalized spacial score (nSPS) is 14.1. The van der Waals surface area contributed by atoms with Gasteiger partial charge < -0.3 is 19.0 Å². The number of carbonyl (C=O) groups is 2. The van der Waals surface area contributed by atoms with Gasteiger partial charge >= 0.3 is 5.97 Å². The predicted molar refractivity (Wildman–Crippen MR) is 124 cm³/mol. The molecule has 0 bridgehead atoms. The molecule has 0 N–H and O–H groups in total. The molecule has 4 aromatic rings. The quantitative estimate of drug-likeness (QED) is 0.431. The predicted octanol–water partition coefficient (Wildman–Crippen LogP) is 4.16. The van der Waals surface area contributed by atoms with Crippen LogP contribution >= 0.6 is 0 Å². The minimum atomic E-state index is -0.469. The summed E-state index contributed by atoms with van der Waals surface area (Å²) in [6, 6.07) is 18.1. The Morgan fingerprint density at radius 3 is 2.48 bits per heavy atom. The first-order chi connectivity index (χ1) is 16.1. The van der Waals surface area contributed by atoms with Gasteiger partial charge in [0.2, 0.25) is 0 Å². The van der Waals surface area contributed by atoms with Crippen LogP contribution in [-0.4, -0.2) is 49.6 Å². The Balaban J connectivity index is 1.16. The SMILES string of the molecule is O=C(Cc1coc2ccc3ccccc3c12)OCC(=O)N1CCN(c2ccc(F)cc2)CC1. The van der Waals surface area contributed by atoms with Crippen molar-refractivity contribution in [2.24, 2.45) is 0 Å². The number of fused-ring (bicyclic) bond motifs is 3. The second-order valence-corrected chi connectivity index (χ2v) is 8.10. The summed E-state index contributed by atoms with van der Waals surface area (Å²) in [5.41, 5.74) is 2.38. The smallest absolute Gasteiger partial charge is 0.310 e. The maximum Gasteiger partial charge on any atom is 0.310 e. The van der Waals surface area contributed by atoms with E-state index in [2.05, 4.69) is 4.90 Å². The highest BCUT2D eigenvalue weighted by Gasteiger charge is 2.23. The van der Waals surface area contributed by atoms with Gasteiger partial charge in [0.15, 0.2) is 6.61 Å². The molecule has 3 aromatic carbocycles. The molecule has 6 nitrogen and oxygen atoms in total. The maximum absolute atomic E-state index is 13.1. The van der Waals surface area contributed by atoms with Crippen molar-refractivity contribution >= 4 is 39.3 Å². The number of amides is 1. The van der Waals surface area contributed by atoms with Crippen molar-refractivity contribution in [3.05, 3.63) is 78.3 Å². The summed E-state index contributed by atoms with van der Waals surface area (Å²) in [6.45, 7) is 2.03. The number of nitrogens with zero attached hydrogens (tertiary/aromatic N) is 2. The molecule has 0 aliphatic carbocycles. The van der Waals surface area contributed by atoms with Crippen molar-refractivity contribution in [1.29, 1.82) is 0 Å². The molecule has 7 heteroatoms. The van der Waals surface area contributed by atoms with Crippen LogP contribution in [0.4, 0.5) is 10.1 Å². The number of esters is 1. The van der Waals surface area contributed by atoms with Gasteiger partial charge in [-0.1, -0.05) is 30.3 Å². The molecule has 1 fully saturated rings. The number of ether oxygens (including phenoxy) is 1. The van der Waals surface area contributed by atoms with E-state index in [-0.39, 0.29) is 24.8 Å². The lowest BCUT2D eigenvalue weighted by molar-refractivity contribution is -0.151. The Morgan fingerprint density at radius 1 is 0.939 bits per heavy atom.